The molecule has 0 aliphatic heterocycles. The van der Waals surface area contributed by atoms with E-state index in [-0.39, 0.29) is 20.1 Å². The fourth-order valence-electron chi connectivity index (χ4n) is 10.7. The van der Waals surface area contributed by atoms with Crippen LogP contribution >= 0.6 is 11.3 Å². The van der Waals surface area contributed by atoms with E-state index in [4.69, 9.17) is 4.98 Å². The van der Waals surface area contributed by atoms with Crippen molar-refractivity contribution in [3.8, 4) is 78.3 Å². The summed E-state index contributed by atoms with van der Waals surface area (Å²) in [6.45, 7) is 4.13. The van der Waals surface area contributed by atoms with Crippen LogP contribution in [-0.4, -0.2) is 15.0 Å². The van der Waals surface area contributed by atoms with Crippen molar-refractivity contribution >= 4 is 42.4 Å². The van der Waals surface area contributed by atoms with Crippen molar-refractivity contribution < 1.29 is 20.1 Å². The molecule has 4 heterocycles. The van der Waals surface area contributed by atoms with Gasteiger partial charge >= 0.3 is 20.1 Å². The van der Waals surface area contributed by atoms with Gasteiger partial charge in [-0.15, -0.1) is 106 Å². The third kappa shape index (κ3) is 10.5. The fourth-order valence-corrected chi connectivity index (χ4v) is 11.9. The summed E-state index contributed by atoms with van der Waals surface area (Å²) in [5.41, 5.74) is 23.4. The average Bonchev–Trinajstić information content (AvgIpc) is 3.91. The third-order valence-corrected chi connectivity index (χ3v) is 16.0. The van der Waals surface area contributed by atoms with Crippen molar-refractivity contribution in [2.24, 2.45) is 0 Å². The molecule has 0 saturated carbocycles. The molecule has 13 aromatic rings. The zero-order valence-corrected chi connectivity index (χ0v) is 46.6. The summed E-state index contributed by atoms with van der Waals surface area (Å²) in [4.78, 5) is 14.6. The minimum absolute atomic E-state index is 0. The number of hydrogen-bond donors (Lipinski definition) is 0. The standard InChI is InChI=1S/C73H52N3S.Ir/c1-48-20-38-68(74-46-48)55-30-26-50(27-31-55)22-24-52-40-53(25-23-51-28-32-56(33-29-51)69-39-21-49(2)47-75-69)42-59(41-52)60-14-6-7-15-61(60)62-36-35-58(43-66(62)57-34-37-65-64-17-9-11-19-72(64)77-73(65)44-57)71-45-67(54-12-4-3-5-13-54)63-16-8-10-18-70(63)76-71;/h3-21,26-30,32,34,36-47H,22-25H2,1-2H3;/q-3;+3. The van der Waals surface area contributed by atoms with Gasteiger partial charge in [0.1, 0.15) is 0 Å². The van der Waals surface area contributed by atoms with Crippen molar-refractivity contribution in [3.63, 3.8) is 0 Å². The van der Waals surface area contributed by atoms with E-state index in [1.807, 2.05) is 23.7 Å². The first-order valence-electron chi connectivity index (χ1n) is 26.5. The second-order valence-electron chi connectivity index (χ2n) is 20.2. The Morgan fingerprint density at radius 1 is 0.359 bits per heavy atom. The van der Waals surface area contributed by atoms with E-state index in [1.54, 1.807) is 0 Å². The molecule has 0 radical (unpaired) electrons. The third-order valence-electron chi connectivity index (χ3n) is 14.8. The SMILES string of the molecule is Cc1ccc(-c2[c-]cc(CCc3cc(CCc4c[c-]c(-c5ccc(C)cn5)cc4)cc(-c4ccccc4-c4c[c-]c(-c5cc(-c6ccccc6)c6ccccc6n5)cc4-c4ccc5c(c4)sc4ccccc45)c3)cc2)nc1.[Ir+3]. The molecule has 0 bridgehead atoms. The maximum atomic E-state index is 5.31. The number of pyridine rings is 3. The maximum absolute atomic E-state index is 5.31. The molecule has 0 spiro atoms. The zero-order chi connectivity index (χ0) is 51.7. The molecular formula is C73H52IrN3S. The molecule has 13 rings (SSSR count). The Balaban J connectivity index is 0.00000609. The van der Waals surface area contributed by atoms with Gasteiger partial charge in [-0.1, -0.05) is 181 Å². The summed E-state index contributed by atoms with van der Waals surface area (Å²) < 4.78 is 2.56. The van der Waals surface area contributed by atoms with Crippen molar-refractivity contribution in [2.45, 2.75) is 39.5 Å². The molecule has 0 amide bonds. The quantitative estimate of drug-likeness (QED) is 0.108. The summed E-state index contributed by atoms with van der Waals surface area (Å²) in [7, 11) is 0. The van der Waals surface area contributed by atoms with Gasteiger partial charge in [0.15, 0.2) is 0 Å². The summed E-state index contributed by atoms with van der Waals surface area (Å²) >= 11 is 1.85. The summed E-state index contributed by atoms with van der Waals surface area (Å²) in [6, 6.07) is 90.0. The van der Waals surface area contributed by atoms with Gasteiger partial charge in [0.2, 0.25) is 0 Å². The van der Waals surface area contributed by atoms with Crippen molar-refractivity contribution in [1.29, 1.82) is 0 Å². The number of rotatable bonds is 13. The molecule has 78 heavy (non-hydrogen) atoms. The number of hydrogen-bond acceptors (Lipinski definition) is 4. The Morgan fingerprint density at radius 3 is 1.60 bits per heavy atom. The van der Waals surface area contributed by atoms with Crippen LogP contribution in [0, 0.1) is 32.0 Å². The molecular weight excluding hydrogens is 1140 g/mol. The normalized spacial score (nSPS) is 11.3. The van der Waals surface area contributed by atoms with Crippen LogP contribution in [-0.2, 0) is 45.8 Å². The summed E-state index contributed by atoms with van der Waals surface area (Å²) in [6.07, 6.45) is 7.39. The van der Waals surface area contributed by atoms with Crippen molar-refractivity contribution in [1.82, 2.24) is 15.0 Å². The minimum atomic E-state index is 0. The van der Waals surface area contributed by atoms with Gasteiger partial charge < -0.3 is 9.97 Å². The Kier molecular flexibility index (Phi) is 14.4. The van der Waals surface area contributed by atoms with Crippen LogP contribution in [0.2, 0.25) is 0 Å². The molecule has 0 aliphatic carbocycles. The van der Waals surface area contributed by atoms with Gasteiger partial charge in [-0.25, -0.2) is 0 Å². The largest absolute Gasteiger partial charge is 3.00 e. The predicted octanol–water partition coefficient (Wildman–Crippen LogP) is 18.6. The van der Waals surface area contributed by atoms with Crippen LogP contribution in [0.25, 0.3) is 109 Å². The molecule has 0 aliphatic rings. The van der Waals surface area contributed by atoms with Gasteiger partial charge in [-0.2, -0.15) is 0 Å². The predicted molar refractivity (Wildman–Crippen MR) is 322 cm³/mol. The molecule has 0 atom stereocenters. The molecule has 9 aromatic carbocycles. The molecule has 4 aromatic heterocycles. The first-order chi connectivity index (χ1) is 37.9. The Bertz CT molecular complexity index is 4150. The second kappa shape index (κ2) is 22.3. The number of thiophene rings is 1. The van der Waals surface area contributed by atoms with Gasteiger partial charge in [0.05, 0.1) is 5.52 Å². The van der Waals surface area contributed by atoms with Crippen LogP contribution in [0.4, 0.5) is 0 Å². The molecule has 0 N–H and O–H groups in total. The number of nitrogens with zero attached hydrogens (tertiary/aromatic N) is 3. The van der Waals surface area contributed by atoms with Gasteiger partial charge in [-0.05, 0) is 112 Å². The van der Waals surface area contributed by atoms with Crippen LogP contribution < -0.4 is 0 Å². The van der Waals surface area contributed by atoms with Gasteiger partial charge in [-0.3, -0.25) is 4.98 Å². The fraction of sp³-hybridized carbons (Fsp3) is 0.0822. The van der Waals surface area contributed by atoms with Gasteiger partial charge in [0.25, 0.3) is 0 Å². The molecule has 0 saturated heterocycles. The minimum Gasteiger partial charge on any atom is -0.304 e. The van der Waals surface area contributed by atoms with Crippen LogP contribution in [0.15, 0.2) is 231 Å². The molecule has 3 nitrogen and oxygen atoms in total. The van der Waals surface area contributed by atoms with E-state index in [0.717, 1.165) is 115 Å². The molecule has 5 heteroatoms. The zero-order valence-electron chi connectivity index (χ0n) is 43.4. The van der Waals surface area contributed by atoms with E-state index in [2.05, 4.69) is 260 Å². The Morgan fingerprint density at radius 2 is 0.949 bits per heavy atom. The van der Waals surface area contributed by atoms with E-state index >= 15 is 0 Å². The van der Waals surface area contributed by atoms with Gasteiger partial charge in [0, 0.05) is 38.0 Å². The average molecular weight is 1200 g/mol. The Labute approximate surface area is 474 Å². The number of aromatic nitrogens is 3. The van der Waals surface area contributed by atoms with Crippen LogP contribution in [0.1, 0.15) is 33.4 Å². The topological polar surface area (TPSA) is 38.7 Å². The van der Waals surface area contributed by atoms with E-state index in [0.29, 0.717) is 0 Å². The molecule has 0 unspecified atom stereocenters. The summed E-state index contributed by atoms with van der Waals surface area (Å²) in [5, 5.41) is 3.70. The number of para-hydroxylation sites is 1. The van der Waals surface area contributed by atoms with Crippen molar-refractivity contribution in [2.75, 3.05) is 0 Å². The molecule has 0 fully saturated rings. The van der Waals surface area contributed by atoms with E-state index in [9.17, 15) is 0 Å². The van der Waals surface area contributed by atoms with Crippen molar-refractivity contribution in [3.05, 3.63) is 282 Å². The first-order valence-corrected chi connectivity index (χ1v) is 27.3. The van der Waals surface area contributed by atoms with Crippen LogP contribution in [0.5, 0.6) is 0 Å². The summed E-state index contributed by atoms with van der Waals surface area (Å²) in [5.74, 6) is 0. The molecule has 374 valence electrons. The smallest absolute Gasteiger partial charge is 0.304 e. The maximum Gasteiger partial charge on any atom is 3.00 e. The second-order valence-corrected chi connectivity index (χ2v) is 21.3. The Hall–Kier alpha value is -8.44. The number of benzene rings is 9. The first kappa shape index (κ1) is 50.4. The van der Waals surface area contributed by atoms with E-state index < -0.39 is 0 Å². The van der Waals surface area contributed by atoms with Crippen LogP contribution in [0.3, 0.4) is 0 Å². The monoisotopic (exact) mass is 1200 g/mol. The number of fused-ring (bicyclic) bond motifs is 4. The number of aryl methyl sites for hydroxylation is 6. The van der Waals surface area contributed by atoms with E-state index in [1.165, 1.54) is 53.6 Å².